The van der Waals surface area contributed by atoms with Crippen LogP contribution >= 0.6 is 15.9 Å². The molecule has 7 heteroatoms. The molecule has 1 unspecified atom stereocenters. The van der Waals surface area contributed by atoms with Crippen molar-refractivity contribution in [2.45, 2.75) is 12.5 Å². The van der Waals surface area contributed by atoms with Crippen LogP contribution in [0.4, 0.5) is 0 Å². The van der Waals surface area contributed by atoms with Crippen LogP contribution in [-0.4, -0.2) is 41.5 Å². The molecule has 0 aromatic heterocycles. The van der Waals surface area contributed by atoms with Gasteiger partial charge in [0.1, 0.15) is 19.0 Å². The lowest BCUT2D eigenvalue weighted by atomic mass is 9.95. The molecule has 0 saturated carbocycles. The topological polar surface area (TPSA) is 76.1 Å². The van der Waals surface area contributed by atoms with E-state index >= 15 is 0 Å². The minimum atomic E-state index is -0.714. The minimum Gasteiger partial charge on any atom is -0.507 e. The number of carbonyl (C=O) groups excluding carboxylic acids is 2. The van der Waals surface area contributed by atoms with Gasteiger partial charge in [0.05, 0.1) is 11.6 Å². The molecule has 1 amide bonds. The van der Waals surface area contributed by atoms with E-state index in [0.717, 1.165) is 15.6 Å². The highest BCUT2D eigenvalue weighted by molar-refractivity contribution is 9.10. The number of Topliss-reactive ketones (excluding diaryl/α,β-unsaturated/α-hetero) is 1. The predicted octanol–water partition coefficient (Wildman–Crippen LogP) is 4.88. The third-order valence-corrected chi connectivity index (χ3v) is 6.50. The number of nitrogens with zero attached hydrogens (tertiary/aromatic N) is 1. The van der Waals surface area contributed by atoms with Gasteiger partial charge in [0.15, 0.2) is 11.5 Å². The first-order valence-corrected chi connectivity index (χ1v) is 11.8. The summed E-state index contributed by atoms with van der Waals surface area (Å²) in [5.74, 6) is -0.491. The summed E-state index contributed by atoms with van der Waals surface area (Å²) in [7, 11) is 0. The van der Waals surface area contributed by atoms with Crippen molar-refractivity contribution in [3.05, 3.63) is 99.5 Å². The Morgan fingerprint density at radius 3 is 2.47 bits per heavy atom. The normalized spacial score (nSPS) is 18.9. The van der Waals surface area contributed by atoms with E-state index in [1.807, 2.05) is 54.6 Å². The van der Waals surface area contributed by atoms with Crippen LogP contribution in [0, 0.1) is 0 Å². The second-order valence-corrected chi connectivity index (χ2v) is 9.06. The van der Waals surface area contributed by atoms with Crippen molar-refractivity contribution in [3.63, 3.8) is 0 Å². The number of aliphatic hydroxyl groups is 1. The Bertz CT molecular complexity index is 1290. The van der Waals surface area contributed by atoms with Gasteiger partial charge in [0.2, 0.25) is 0 Å². The number of carbonyl (C=O) groups is 2. The van der Waals surface area contributed by atoms with Crippen LogP contribution in [0.15, 0.2) is 82.8 Å². The van der Waals surface area contributed by atoms with Gasteiger partial charge in [-0.2, -0.15) is 0 Å². The van der Waals surface area contributed by atoms with Gasteiger partial charge in [-0.3, -0.25) is 9.59 Å². The monoisotopic (exact) mass is 519 g/mol. The second kappa shape index (κ2) is 9.35. The zero-order valence-electron chi connectivity index (χ0n) is 18.2. The molecule has 0 aliphatic carbocycles. The molecule has 2 aliphatic heterocycles. The first-order valence-electron chi connectivity index (χ1n) is 11.0. The molecular weight excluding hydrogens is 498 g/mol. The van der Waals surface area contributed by atoms with Gasteiger partial charge in [0.25, 0.3) is 11.7 Å². The number of rotatable bonds is 5. The quantitative estimate of drug-likeness (QED) is 0.295. The number of ether oxygens (including phenoxy) is 2. The summed E-state index contributed by atoms with van der Waals surface area (Å²) < 4.78 is 12.0. The van der Waals surface area contributed by atoms with Crippen molar-refractivity contribution in [2.75, 3.05) is 19.8 Å². The van der Waals surface area contributed by atoms with E-state index in [0.29, 0.717) is 43.2 Å². The van der Waals surface area contributed by atoms with Crippen LogP contribution in [0.3, 0.4) is 0 Å². The van der Waals surface area contributed by atoms with E-state index in [1.54, 1.807) is 23.1 Å². The van der Waals surface area contributed by atoms with Crippen molar-refractivity contribution in [1.82, 2.24) is 4.90 Å². The molecule has 3 aromatic carbocycles. The van der Waals surface area contributed by atoms with E-state index in [9.17, 15) is 14.7 Å². The van der Waals surface area contributed by atoms with Crippen LogP contribution in [-0.2, 0) is 16.0 Å². The van der Waals surface area contributed by atoms with E-state index < -0.39 is 17.7 Å². The van der Waals surface area contributed by atoms with Crippen molar-refractivity contribution >= 4 is 33.4 Å². The first kappa shape index (κ1) is 22.2. The molecule has 34 heavy (non-hydrogen) atoms. The highest BCUT2D eigenvalue weighted by Gasteiger charge is 2.46. The number of fused-ring (bicyclic) bond motifs is 1. The molecule has 1 fully saturated rings. The van der Waals surface area contributed by atoms with Gasteiger partial charge in [0, 0.05) is 16.6 Å². The predicted molar refractivity (Wildman–Crippen MR) is 131 cm³/mol. The SMILES string of the molecule is O=C1C(=O)N(CCc2ccccc2)C(c2cccc(Br)c2)/C1=C(\O)c1ccc2c(c1)OCCO2. The maximum Gasteiger partial charge on any atom is 0.295 e. The second-order valence-electron chi connectivity index (χ2n) is 8.14. The summed E-state index contributed by atoms with van der Waals surface area (Å²) in [4.78, 5) is 27.9. The fraction of sp³-hybridized carbons (Fsp3) is 0.185. The average Bonchev–Trinajstić information content (AvgIpc) is 3.12. The number of hydrogen-bond acceptors (Lipinski definition) is 5. The van der Waals surface area contributed by atoms with E-state index in [1.165, 1.54) is 0 Å². The standard InChI is InChI=1S/C27H22BrNO5/c28-20-8-4-7-18(15-20)24-23(25(30)19-9-10-21-22(16-19)34-14-13-33-21)26(31)27(32)29(24)12-11-17-5-2-1-3-6-17/h1-10,15-16,24,30H,11-14H2/b25-23+. The molecule has 2 heterocycles. The maximum atomic E-state index is 13.2. The Kier molecular flexibility index (Phi) is 6.11. The van der Waals surface area contributed by atoms with Crippen LogP contribution in [0.25, 0.3) is 5.76 Å². The number of ketones is 1. The molecule has 1 saturated heterocycles. The van der Waals surface area contributed by atoms with Crippen molar-refractivity contribution in [1.29, 1.82) is 0 Å². The molecule has 0 bridgehead atoms. The van der Waals surface area contributed by atoms with Crippen LogP contribution in [0.1, 0.15) is 22.7 Å². The number of hydrogen-bond donors (Lipinski definition) is 1. The Labute approximate surface area is 205 Å². The fourth-order valence-electron chi connectivity index (χ4n) is 4.37. The van der Waals surface area contributed by atoms with E-state index in [2.05, 4.69) is 15.9 Å². The fourth-order valence-corrected chi connectivity index (χ4v) is 4.79. The number of halogens is 1. The maximum absolute atomic E-state index is 13.2. The summed E-state index contributed by atoms with van der Waals surface area (Å²) >= 11 is 3.48. The number of amides is 1. The van der Waals surface area contributed by atoms with Gasteiger partial charge >= 0.3 is 0 Å². The van der Waals surface area contributed by atoms with Gasteiger partial charge in [-0.15, -0.1) is 0 Å². The molecule has 3 aromatic rings. The van der Waals surface area contributed by atoms with E-state index in [4.69, 9.17) is 9.47 Å². The smallest absolute Gasteiger partial charge is 0.295 e. The number of benzene rings is 3. The summed E-state index contributed by atoms with van der Waals surface area (Å²) in [6, 6.07) is 21.5. The van der Waals surface area contributed by atoms with Crippen LogP contribution in [0.2, 0.25) is 0 Å². The molecule has 1 N–H and O–H groups in total. The molecular formula is C27H22BrNO5. The van der Waals surface area contributed by atoms with Crippen LogP contribution < -0.4 is 9.47 Å². The minimum absolute atomic E-state index is 0.0628. The van der Waals surface area contributed by atoms with Crippen molar-refractivity contribution < 1.29 is 24.2 Å². The van der Waals surface area contributed by atoms with Gasteiger partial charge < -0.3 is 19.5 Å². The molecule has 2 aliphatic rings. The van der Waals surface area contributed by atoms with Gasteiger partial charge in [-0.1, -0.05) is 58.4 Å². The summed E-state index contributed by atoms with van der Waals surface area (Å²) in [6.45, 7) is 1.19. The lowest BCUT2D eigenvalue weighted by Gasteiger charge is -2.25. The zero-order valence-corrected chi connectivity index (χ0v) is 19.8. The third-order valence-electron chi connectivity index (χ3n) is 6.00. The highest BCUT2D eigenvalue weighted by atomic mass is 79.9. The van der Waals surface area contributed by atoms with Crippen molar-refractivity contribution in [3.8, 4) is 11.5 Å². The number of aliphatic hydroxyl groups excluding tert-OH is 1. The molecule has 0 spiro atoms. The zero-order chi connectivity index (χ0) is 23.7. The molecule has 6 nitrogen and oxygen atoms in total. The lowest BCUT2D eigenvalue weighted by molar-refractivity contribution is -0.139. The molecule has 5 rings (SSSR count). The van der Waals surface area contributed by atoms with E-state index in [-0.39, 0.29) is 11.3 Å². The molecule has 0 radical (unpaired) electrons. The largest absolute Gasteiger partial charge is 0.507 e. The summed E-state index contributed by atoms with van der Waals surface area (Å²) in [6.07, 6.45) is 0.586. The Morgan fingerprint density at radius 2 is 1.71 bits per heavy atom. The summed E-state index contributed by atoms with van der Waals surface area (Å²) in [5, 5.41) is 11.3. The third kappa shape index (κ3) is 4.19. The number of likely N-dealkylation sites (tertiary alicyclic amines) is 1. The first-order chi connectivity index (χ1) is 16.5. The average molecular weight is 520 g/mol. The lowest BCUT2D eigenvalue weighted by Crippen LogP contribution is -2.31. The summed E-state index contributed by atoms with van der Waals surface area (Å²) in [5.41, 5.74) is 2.25. The van der Waals surface area contributed by atoms with Gasteiger partial charge in [-0.25, -0.2) is 0 Å². The Balaban J connectivity index is 1.58. The Morgan fingerprint density at radius 1 is 0.941 bits per heavy atom. The van der Waals surface area contributed by atoms with Crippen molar-refractivity contribution in [2.24, 2.45) is 0 Å². The molecule has 1 atom stereocenters. The van der Waals surface area contributed by atoms with Crippen LogP contribution in [0.5, 0.6) is 11.5 Å². The highest BCUT2D eigenvalue weighted by Crippen LogP contribution is 2.41. The molecule has 172 valence electrons. The Hall–Kier alpha value is -3.58. The van der Waals surface area contributed by atoms with Gasteiger partial charge in [-0.05, 0) is 47.9 Å².